The van der Waals surface area contributed by atoms with Gasteiger partial charge in [-0.15, -0.1) is 0 Å². The van der Waals surface area contributed by atoms with Crippen molar-refractivity contribution in [3.05, 3.63) is 77.2 Å². The lowest BCUT2D eigenvalue weighted by molar-refractivity contribution is 0.648. The normalized spacial score (nSPS) is 16.7. The van der Waals surface area contributed by atoms with Gasteiger partial charge in [0.15, 0.2) is 5.96 Å². The molecule has 4 rings (SSSR count). The van der Waals surface area contributed by atoms with E-state index in [-0.39, 0.29) is 0 Å². The Morgan fingerprint density at radius 1 is 1.20 bits per heavy atom. The first-order chi connectivity index (χ1) is 14.7. The summed E-state index contributed by atoms with van der Waals surface area (Å²) >= 11 is 6.29. The molecule has 1 fully saturated rings. The molecule has 30 heavy (non-hydrogen) atoms. The molecule has 0 amide bonds. The maximum Gasteiger partial charge on any atom is 0.191 e. The monoisotopic (exact) mass is 423 g/mol. The van der Waals surface area contributed by atoms with Crippen molar-refractivity contribution in [3.8, 4) is 0 Å². The highest BCUT2D eigenvalue weighted by Crippen LogP contribution is 2.25. The summed E-state index contributed by atoms with van der Waals surface area (Å²) in [5, 5.41) is 11.9. The summed E-state index contributed by atoms with van der Waals surface area (Å²) in [5.74, 6) is 1.65. The Balaban J connectivity index is 1.30. The van der Waals surface area contributed by atoms with Crippen molar-refractivity contribution >= 4 is 23.4 Å². The van der Waals surface area contributed by atoms with Crippen LogP contribution in [0.15, 0.2) is 66.0 Å². The molecule has 0 aliphatic carbocycles. The molecule has 8 heteroatoms. The van der Waals surface area contributed by atoms with Gasteiger partial charge in [-0.1, -0.05) is 35.9 Å². The fourth-order valence-corrected chi connectivity index (χ4v) is 3.91. The Kier molecular flexibility index (Phi) is 6.49. The van der Waals surface area contributed by atoms with Crippen molar-refractivity contribution in [2.45, 2.75) is 25.6 Å². The van der Waals surface area contributed by atoms with E-state index in [2.05, 4.69) is 54.9 Å². The number of nitrogens with one attached hydrogen (secondary N) is 2. The van der Waals surface area contributed by atoms with E-state index >= 15 is 0 Å². The topological polar surface area (TPSA) is 70.4 Å². The zero-order valence-electron chi connectivity index (χ0n) is 17.0. The third-order valence-corrected chi connectivity index (χ3v) is 5.44. The van der Waals surface area contributed by atoms with Crippen molar-refractivity contribution in [1.82, 2.24) is 25.4 Å². The molecule has 1 atom stereocenters. The molecule has 0 saturated carbocycles. The number of benzene rings is 1. The zero-order chi connectivity index (χ0) is 20.8. The van der Waals surface area contributed by atoms with E-state index < -0.39 is 0 Å². The van der Waals surface area contributed by atoms with Gasteiger partial charge < -0.3 is 15.5 Å². The number of aliphatic imine (C=N–C) groups is 1. The Labute approximate surface area is 181 Å². The van der Waals surface area contributed by atoms with Crippen LogP contribution in [-0.4, -0.2) is 46.9 Å². The minimum atomic E-state index is 0.292. The molecule has 156 valence electrons. The number of aromatic nitrogens is 3. The molecule has 2 aromatic heterocycles. The van der Waals surface area contributed by atoms with Gasteiger partial charge in [-0.05, 0) is 35.7 Å². The number of rotatable bonds is 6. The second kappa shape index (κ2) is 9.63. The van der Waals surface area contributed by atoms with Crippen LogP contribution in [0, 0.1) is 0 Å². The van der Waals surface area contributed by atoms with Gasteiger partial charge in [-0.25, -0.2) is 4.98 Å². The van der Waals surface area contributed by atoms with E-state index in [4.69, 9.17) is 11.6 Å². The Morgan fingerprint density at radius 2 is 2.10 bits per heavy atom. The van der Waals surface area contributed by atoms with Crippen LogP contribution in [0.1, 0.15) is 17.5 Å². The predicted molar refractivity (Wildman–Crippen MR) is 121 cm³/mol. The molecule has 1 unspecified atom stereocenters. The van der Waals surface area contributed by atoms with Crippen LogP contribution in [0.25, 0.3) is 0 Å². The third kappa shape index (κ3) is 5.10. The van der Waals surface area contributed by atoms with E-state index in [1.165, 1.54) is 11.1 Å². The number of guanidine groups is 1. The molecule has 0 bridgehead atoms. The molecule has 3 aromatic rings. The maximum absolute atomic E-state index is 6.29. The number of nitrogens with zero attached hydrogens (tertiary/aromatic N) is 5. The Hall–Kier alpha value is -3.06. The summed E-state index contributed by atoms with van der Waals surface area (Å²) in [6.07, 6.45) is 6.56. The van der Waals surface area contributed by atoms with Crippen LogP contribution in [0.5, 0.6) is 0 Å². The van der Waals surface area contributed by atoms with Crippen LogP contribution in [-0.2, 0) is 13.1 Å². The van der Waals surface area contributed by atoms with Gasteiger partial charge in [0.05, 0.1) is 11.6 Å². The second-order valence-corrected chi connectivity index (χ2v) is 7.74. The molecular formula is C22H26ClN7. The van der Waals surface area contributed by atoms with Gasteiger partial charge in [0, 0.05) is 51.3 Å². The average Bonchev–Trinajstić information content (AvgIpc) is 3.44. The SMILES string of the molecule is CN=C(NCc1cccc(Cn2cccn2)c1)NC1CCN(c2ncccc2Cl)C1. The summed E-state index contributed by atoms with van der Waals surface area (Å²) in [4.78, 5) is 11.0. The first-order valence-electron chi connectivity index (χ1n) is 10.1. The molecule has 7 nitrogen and oxygen atoms in total. The lowest BCUT2D eigenvalue weighted by Gasteiger charge is -2.20. The van der Waals surface area contributed by atoms with Crippen LogP contribution < -0.4 is 15.5 Å². The first kappa shape index (κ1) is 20.2. The van der Waals surface area contributed by atoms with Crippen molar-refractivity contribution in [2.24, 2.45) is 4.99 Å². The number of anilines is 1. The smallest absolute Gasteiger partial charge is 0.191 e. The number of hydrogen-bond donors (Lipinski definition) is 2. The third-order valence-electron chi connectivity index (χ3n) is 5.15. The Bertz CT molecular complexity index is 987. The molecule has 1 aromatic carbocycles. The zero-order valence-corrected chi connectivity index (χ0v) is 17.8. The van der Waals surface area contributed by atoms with E-state index in [0.29, 0.717) is 17.6 Å². The van der Waals surface area contributed by atoms with Gasteiger partial charge in [0.1, 0.15) is 5.82 Å². The fraction of sp³-hybridized carbons (Fsp3) is 0.318. The Morgan fingerprint density at radius 3 is 2.90 bits per heavy atom. The molecule has 1 aliphatic heterocycles. The van der Waals surface area contributed by atoms with E-state index in [9.17, 15) is 0 Å². The molecular weight excluding hydrogens is 398 g/mol. The van der Waals surface area contributed by atoms with Crippen LogP contribution in [0.3, 0.4) is 0 Å². The highest BCUT2D eigenvalue weighted by atomic mass is 35.5. The van der Waals surface area contributed by atoms with Gasteiger partial charge in [0.2, 0.25) is 0 Å². The molecule has 0 radical (unpaired) electrons. The largest absolute Gasteiger partial charge is 0.353 e. The van der Waals surface area contributed by atoms with E-state index in [1.54, 1.807) is 19.4 Å². The van der Waals surface area contributed by atoms with Crippen molar-refractivity contribution in [3.63, 3.8) is 0 Å². The van der Waals surface area contributed by atoms with Gasteiger partial charge in [-0.3, -0.25) is 9.67 Å². The van der Waals surface area contributed by atoms with Gasteiger partial charge in [-0.2, -0.15) is 5.10 Å². The summed E-state index contributed by atoms with van der Waals surface area (Å²) in [7, 11) is 1.80. The quantitative estimate of drug-likeness (QED) is 0.471. The first-order valence-corrected chi connectivity index (χ1v) is 10.5. The highest BCUT2D eigenvalue weighted by Gasteiger charge is 2.25. The highest BCUT2D eigenvalue weighted by molar-refractivity contribution is 6.32. The number of hydrogen-bond acceptors (Lipinski definition) is 4. The summed E-state index contributed by atoms with van der Waals surface area (Å²) in [6.45, 7) is 3.23. The summed E-state index contributed by atoms with van der Waals surface area (Å²) in [5.41, 5.74) is 2.43. The number of halogens is 1. The average molecular weight is 424 g/mol. The standard InChI is InChI=1S/C22H26ClN7/c1-24-22(28-19-8-12-29(16-19)21-20(23)7-3-9-25-21)26-14-17-5-2-6-18(13-17)15-30-11-4-10-27-30/h2-7,9-11,13,19H,8,12,14-16H2,1H3,(H2,24,26,28). The van der Waals surface area contributed by atoms with Crippen molar-refractivity contribution in [2.75, 3.05) is 25.0 Å². The van der Waals surface area contributed by atoms with Crippen LogP contribution in [0.4, 0.5) is 5.82 Å². The molecule has 1 saturated heterocycles. The van der Waals surface area contributed by atoms with Gasteiger partial charge >= 0.3 is 0 Å². The molecule has 2 N–H and O–H groups in total. The second-order valence-electron chi connectivity index (χ2n) is 7.33. The van der Waals surface area contributed by atoms with Gasteiger partial charge in [0.25, 0.3) is 0 Å². The van der Waals surface area contributed by atoms with Crippen LogP contribution in [0.2, 0.25) is 5.02 Å². The number of pyridine rings is 1. The lowest BCUT2D eigenvalue weighted by Crippen LogP contribution is -2.44. The minimum Gasteiger partial charge on any atom is -0.353 e. The molecule has 1 aliphatic rings. The van der Waals surface area contributed by atoms with Crippen LogP contribution >= 0.6 is 11.6 Å². The minimum absolute atomic E-state index is 0.292. The fourth-order valence-electron chi connectivity index (χ4n) is 3.67. The molecule has 3 heterocycles. The molecule has 0 spiro atoms. The lowest BCUT2D eigenvalue weighted by atomic mass is 10.1. The summed E-state index contributed by atoms with van der Waals surface area (Å²) in [6, 6.07) is 14.5. The maximum atomic E-state index is 6.29. The van der Waals surface area contributed by atoms with E-state index in [1.807, 2.05) is 29.1 Å². The predicted octanol–water partition coefficient (Wildman–Crippen LogP) is 2.92. The van der Waals surface area contributed by atoms with Crippen molar-refractivity contribution < 1.29 is 0 Å². The van der Waals surface area contributed by atoms with E-state index in [0.717, 1.165) is 37.8 Å². The summed E-state index contributed by atoms with van der Waals surface area (Å²) < 4.78 is 1.92. The van der Waals surface area contributed by atoms with Crippen molar-refractivity contribution in [1.29, 1.82) is 0 Å².